The Labute approximate surface area is 99.6 Å². The summed E-state index contributed by atoms with van der Waals surface area (Å²) < 4.78 is 0. The second-order valence-electron chi connectivity index (χ2n) is 4.02. The first-order chi connectivity index (χ1) is 7.95. The van der Waals surface area contributed by atoms with Crippen LogP contribution >= 0.6 is 0 Å². The van der Waals surface area contributed by atoms with Gasteiger partial charge in [-0.25, -0.2) is 4.98 Å². The van der Waals surface area contributed by atoms with Gasteiger partial charge in [0.15, 0.2) is 0 Å². The minimum absolute atomic E-state index is 0.0300. The Balaban J connectivity index is 3.05. The van der Waals surface area contributed by atoms with Crippen LogP contribution in [0.2, 0.25) is 0 Å². The molecule has 0 N–H and O–H groups in total. The van der Waals surface area contributed by atoms with Crippen LogP contribution in [0.1, 0.15) is 12.5 Å². The summed E-state index contributed by atoms with van der Waals surface area (Å²) in [5.74, 6) is 0.0883. The average molecular weight is 234 g/mol. The first kappa shape index (κ1) is 12.9. The SMILES string of the molecule is Cc1cnc(N(C)CC(C)C#N)c([N+](=O)[O-])c1. The first-order valence-corrected chi connectivity index (χ1v) is 5.17. The van der Waals surface area contributed by atoms with Crippen molar-refractivity contribution in [2.24, 2.45) is 5.92 Å². The van der Waals surface area contributed by atoms with E-state index in [1.807, 2.05) is 0 Å². The molecule has 0 radical (unpaired) electrons. The van der Waals surface area contributed by atoms with E-state index in [0.717, 1.165) is 5.56 Å². The van der Waals surface area contributed by atoms with Gasteiger partial charge in [0.25, 0.3) is 0 Å². The zero-order chi connectivity index (χ0) is 13.0. The lowest BCUT2D eigenvalue weighted by atomic mass is 10.2. The molecule has 1 aromatic heterocycles. The number of pyridine rings is 1. The van der Waals surface area contributed by atoms with Crippen molar-refractivity contribution in [1.29, 1.82) is 5.26 Å². The molecule has 0 aliphatic heterocycles. The Morgan fingerprint density at radius 1 is 1.71 bits per heavy atom. The summed E-state index contributed by atoms with van der Waals surface area (Å²) >= 11 is 0. The van der Waals surface area contributed by atoms with Crippen LogP contribution in [0.25, 0.3) is 0 Å². The summed E-state index contributed by atoms with van der Waals surface area (Å²) in [6.07, 6.45) is 1.58. The lowest BCUT2D eigenvalue weighted by Crippen LogP contribution is -2.25. The Kier molecular flexibility index (Phi) is 3.99. The van der Waals surface area contributed by atoms with Crippen molar-refractivity contribution in [3.8, 4) is 6.07 Å². The zero-order valence-electron chi connectivity index (χ0n) is 10.0. The standard InChI is InChI=1S/C11H14N4O2/c1-8-4-10(15(16)17)11(13-6-8)14(3)7-9(2)5-12/h4,6,9H,7H2,1-3H3. The van der Waals surface area contributed by atoms with Crippen LogP contribution < -0.4 is 4.90 Å². The molecule has 0 aliphatic rings. The second-order valence-corrected chi connectivity index (χ2v) is 4.02. The van der Waals surface area contributed by atoms with Gasteiger partial charge in [-0.2, -0.15) is 5.26 Å². The maximum atomic E-state index is 10.9. The minimum atomic E-state index is -0.455. The Morgan fingerprint density at radius 3 is 2.88 bits per heavy atom. The third kappa shape index (κ3) is 3.14. The maximum Gasteiger partial charge on any atom is 0.311 e. The number of rotatable bonds is 4. The van der Waals surface area contributed by atoms with Crippen molar-refractivity contribution in [2.45, 2.75) is 13.8 Å². The third-order valence-electron chi connectivity index (χ3n) is 2.31. The maximum absolute atomic E-state index is 10.9. The Bertz CT molecular complexity index is 467. The van der Waals surface area contributed by atoms with Crippen LogP contribution in [0.3, 0.4) is 0 Å². The van der Waals surface area contributed by atoms with E-state index in [2.05, 4.69) is 11.1 Å². The van der Waals surface area contributed by atoms with Crippen LogP contribution in [-0.2, 0) is 0 Å². The molecule has 0 fully saturated rings. The molecule has 0 aliphatic carbocycles. The molecule has 6 heteroatoms. The molecular formula is C11H14N4O2. The molecule has 0 spiro atoms. The van der Waals surface area contributed by atoms with Crippen molar-refractivity contribution < 1.29 is 4.92 Å². The van der Waals surface area contributed by atoms with E-state index in [1.54, 1.807) is 32.0 Å². The molecule has 0 bridgehead atoms. The number of hydrogen-bond acceptors (Lipinski definition) is 5. The number of nitro groups is 1. The number of aromatic nitrogens is 1. The summed E-state index contributed by atoms with van der Waals surface area (Å²) in [4.78, 5) is 16.1. The van der Waals surface area contributed by atoms with Gasteiger partial charge >= 0.3 is 5.69 Å². The highest BCUT2D eigenvalue weighted by Gasteiger charge is 2.20. The lowest BCUT2D eigenvalue weighted by molar-refractivity contribution is -0.384. The van der Waals surface area contributed by atoms with Gasteiger partial charge in [-0.05, 0) is 19.4 Å². The molecule has 1 rings (SSSR count). The third-order valence-corrected chi connectivity index (χ3v) is 2.31. The number of nitrogens with zero attached hydrogens (tertiary/aromatic N) is 4. The highest BCUT2D eigenvalue weighted by Crippen LogP contribution is 2.25. The average Bonchev–Trinajstić information content (AvgIpc) is 2.28. The molecular weight excluding hydrogens is 220 g/mol. The van der Waals surface area contributed by atoms with E-state index in [0.29, 0.717) is 12.4 Å². The molecule has 0 amide bonds. The van der Waals surface area contributed by atoms with E-state index < -0.39 is 4.92 Å². The van der Waals surface area contributed by atoms with Gasteiger partial charge in [0, 0.05) is 25.9 Å². The van der Waals surface area contributed by atoms with Crippen molar-refractivity contribution in [3.63, 3.8) is 0 Å². The lowest BCUT2D eigenvalue weighted by Gasteiger charge is -2.18. The van der Waals surface area contributed by atoms with Crippen molar-refractivity contribution in [3.05, 3.63) is 27.9 Å². The molecule has 1 atom stereocenters. The topological polar surface area (TPSA) is 83.1 Å². The van der Waals surface area contributed by atoms with E-state index in [9.17, 15) is 10.1 Å². The number of aryl methyl sites for hydroxylation is 1. The van der Waals surface area contributed by atoms with Gasteiger partial charge in [-0.15, -0.1) is 0 Å². The van der Waals surface area contributed by atoms with Crippen LogP contribution in [0.5, 0.6) is 0 Å². The largest absolute Gasteiger partial charge is 0.353 e. The Hall–Kier alpha value is -2.16. The van der Waals surface area contributed by atoms with Crippen molar-refractivity contribution >= 4 is 11.5 Å². The normalized spacial score (nSPS) is 11.6. The molecule has 0 aromatic carbocycles. The van der Waals surface area contributed by atoms with Gasteiger partial charge in [-0.3, -0.25) is 10.1 Å². The molecule has 1 aromatic rings. The monoisotopic (exact) mass is 234 g/mol. The predicted molar refractivity (Wildman–Crippen MR) is 63.7 cm³/mol. The van der Waals surface area contributed by atoms with Gasteiger partial charge in [0.2, 0.25) is 5.82 Å². The number of anilines is 1. The summed E-state index contributed by atoms with van der Waals surface area (Å²) in [5, 5.41) is 19.6. The fourth-order valence-electron chi connectivity index (χ4n) is 1.51. The Morgan fingerprint density at radius 2 is 2.35 bits per heavy atom. The van der Waals surface area contributed by atoms with Crippen LogP contribution in [0.15, 0.2) is 12.3 Å². The van der Waals surface area contributed by atoms with E-state index in [1.165, 1.54) is 6.07 Å². The van der Waals surface area contributed by atoms with Gasteiger partial charge in [0.1, 0.15) is 0 Å². The van der Waals surface area contributed by atoms with E-state index in [4.69, 9.17) is 5.26 Å². The number of nitriles is 1. The molecule has 1 heterocycles. The number of hydrogen-bond donors (Lipinski definition) is 0. The molecule has 0 saturated carbocycles. The minimum Gasteiger partial charge on any atom is -0.353 e. The summed E-state index contributed by atoms with van der Waals surface area (Å²) in [5.41, 5.74) is 0.708. The molecule has 90 valence electrons. The summed E-state index contributed by atoms with van der Waals surface area (Å²) in [6.45, 7) is 3.92. The van der Waals surface area contributed by atoms with Crippen LogP contribution in [-0.4, -0.2) is 23.5 Å². The quantitative estimate of drug-likeness (QED) is 0.586. The second kappa shape index (κ2) is 5.25. The van der Waals surface area contributed by atoms with Crippen LogP contribution in [0, 0.1) is 34.3 Å². The van der Waals surface area contributed by atoms with Crippen molar-refractivity contribution in [2.75, 3.05) is 18.5 Å². The summed E-state index contributed by atoms with van der Waals surface area (Å²) in [6, 6.07) is 3.57. The predicted octanol–water partition coefficient (Wildman–Crippen LogP) is 1.89. The fourth-order valence-corrected chi connectivity index (χ4v) is 1.51. The van der Waals surface area contributed by atoms with Gasteiger partial charge in [-0.1, -0.05) is 0 Å². The zero-order valence-corrected chi connectivity index (χ0v) is 10.0. The molecule has 17 heavy (non-hydrogen) atoms. The highest BCUT2D eigenvalue weighted by molar-refractivity contribution is 5.58. The fraction of sp³-hybridized carbons (Fsp3) is 0.455. The first-order valence-electron chi connectivity index (χ1n) is 5.17. The van der Waals surface area contributed by atoms with Crippen LogP contribution in [0.4, 0.5) is 11.5 Å². The smallest absolute Gasteiger partial charge is 0.311 e. The molecule has 1 unspecified atom stereocenters. The van der Waals surface area contributed by atoms with E-state index >= 15 is 0 Å². The van der Waals surface area contributed by atoms with Gasteiger partial charge < -0.3 is 4.90 Å². The van der Waals surface area contributed by atoms with Crippen molar-refractivity contribution in [1.82, 2.24) is 4.98 Å². The molecule has 0 saturated heterocycles. The summed E-state index contributed by atoms with van der Waals surface area (Å²) in [7, 11) is 1.69. The van der Waals surface area contributed by atoms with E-state index in [-0.39, 0.29) is 11.6 Å². The molecule has 6 nitrogen and oxygen atoms in total. The van der Waals surface area contributed by atoms with Gasteiger partial charge in [0.05, 0.1) is 16.9 Å². The highest BCUT2D eigenvalue weighted by atomic mass is 16.6.